The standard InChI is InChI=1S/C27H26BrN3O3/c1-33-22-11-8-20(9-12-22)27(28,19-6-4-3-5-7-19)21-10-13-24(34-2)23(18-21)26(32)31-15-14-25-29-16-17-30-25/h3-13,16-18H,14-15H2,1-2H3,(H,29,30)(H,31,32). The highest BCUT2D eigenvalue weighted by atomic mass is 79.9. The first-order chi connectivity index (χ1) is 16.6. The molecule has 0 aliphatic carbocycles. The van der Waals surface area contributed by atoms with Crippen LogP contribution in [-0.2, 0) is 10.7 Å². The molecule has 1 aromatic heterocycles. The van der Waals surface area contributed by atoms with Crippen LogP contribution in [0, 0.1) is 0 Å². The second-order valence-electron chi connectivity index (χ2n) is 7.71. The van der Waals surface area contributed by atoms with Crippen LogP contribution < -0.4 is 14.8 Å². The second kappa shape index (κ2) is 10.6. The maximum absolute atomic E-state index is 13.1. The number of benzene rings is 3. The molecular formula is C27H26BrN3O3. The van der Waals surface area contributed by atoms with Crippen molar-refractivity contribution in [2.24, 2.45) is 0 Å². The molecule has 34 heavy (non-hydrogen) atoms. The normalized spacial score (nSPS) is 12.6. The lowest BCUT2D eigenvalue weighted by molar-refractivity contribution is 0.0951. The summed E-state index contributed by atoms with van der Waals surface area (Å²) in [5.74, 6) is 1.90. The molecule has 6 nitrogen and oxygen atoms in total. The number of ether oxygens (including phenoxy) is 2. The third-order valence-electron chi connectivity index (χ3n) is 5.70. The molecule has 1 atom stereocenters. The van der Waals surface area contributed by atoms with E-state index < -0.39 is 4.32 Å². The molecule has 0 saturated carbocycles. The maximum atomic E-state index is 13.1. The van der Waals surface area contributed by atoms with Gasteiger partial charge in [0.05, 0.1) is 19.8 Å². The Balaban J connectivity index is 1.72. The number of imidazole rings is 1. The molecule has 0 bridgehead atoms. The maximum Gasteiger partial charge on any atom is 0.255 e. The number of amides is 1. The monoisotopic (exact) mass is 519 g/mol. The van der Waals surface area contributed by atoms with Gasteiger partial charge in [0.2, 0.25) is 0 Å². The summed E-state index contributed by atoms with van der Waals surface area (Å²) in [6, 6.07) is 23.7. The molecule has 1 amide bonds. The Labute approximate surface area is 207 Å². The van der Waals surface area contributed by atoms with Crippen LogP contribution in [0.2, 0.25) is 0 Å². The molecule has 4 aromatic rings. The van der Waals surface area contributed by atoms with Gasteiger partial charge in [-0.25, -0.2) is 4.98 Å². The predicted octanol–water partition coefficient (Wildman–Crippen LogP) is 5.09. The number of H-pyrrole nitrogens is 1. The molecule has 3 aromatic carbocycles. The zero-order valence-electron chi connectivity index (χ0n) is 19.0. The van der Waals surface area contributed by atoms with Gasteiger partial charge in [-0.15, -0.1) is 0 Å². The van der Waals surface area contributed by atoms with Crippen LogP contribution in [0.15, 0.2) is 85.2 Å². The number of hydrogen-bond donors (Lipinski definition) is 2. The summed E-state index contributed by atoms with van der Waals surface area (Å²) in [5, 5.41) is 2.97. The van der Waals surface area contributed by atoms with Gasteiger partial charge < -0.3 is 19.8 Å². The van der Waals surface area contributed by atoms with E-state index in [4.69, 9.17) is 9.47 Å². The lowest BCUT2D eigenvalue weighted by atomic mass is 9.84. The Morgan fingerprint density at radius 3 is 2.32 bits per heavy atom. The van der Waals surface area contributed by atoms with Crippen molar-refractivity contribution in [2.75, 3.05) is 20.8 Å². The highest BCUT2D eigenvalue weighted by Crippen LogP contribution is 2.46. The summed E-state index contributed by atoms with van der Waals surface area (Å²) >= 11 is 4.04. The molecule has 0 aliphatic heterocycles. The van der Waals surface area contributed by atoms with E-state index >= 15 is 0 Å². The molecule has 0 spiro atoms. The number of hydrogen-bond acceptors (Lipinski definition) is 4. The van der Waals surface area contributed by atoms with Crippen LogP contribution in [0.3, 0.4) is 0 Å². The number of rotatable bonds is 9. The Kier molecular flexibility index (Phi) is 7.33. The lowest BCUT2D eigenvalue weighted by Gasteiger charge is -2.30. The number of nitrogens with zero attached hydrogens (tertiary/aromatic N) is 1. The van der Waals surface area contributed by atoms with Gasteiger partial charge in [-0.3, -0.25) is 4.79 Å². The van der Waals surface area contributed by atoms with Crippen molar-refractivity contribution < 1.29 is 14.3 Å². The summed E-state index contributed by atoms with van der Waals surface area (Å²) in [6.07, 6.45) is 4.07. The summed E-state index contributed by atoms with van der Waals surface area (Å²) in [6.45, 7) is 0.455. The number of carbonyl (C=O) groups is 1. The van der Waals surface area contributed by atoms with Gasteiger partial charge in [0.25, 0.3) is 5.91 Å². The van der Waals surface area contributed by atoms with Crippen molar-refractivity contribution in [3.05, 3.63) is 113 Å². The average Bonchev–Trinajstić information content (AvgIpc) is 3.42. The van der Waals surface area contributed by atoms with E-state index in [0.29, 0.717) is 24.3 Å². The Morgan fingerprint density at radius 2 is 1.68 bits per heavy atom. The van der Waals surface area contributed by atoms with Crippen LogP contribution in [0.4, 0.5) is 0 Å². The Hall–Kier alpha value is -3.58. The highest BCUT2D eigenvalue weighted by molar-refractivity contribution is 9.10. The molecule has 174 valence electrons. The van der Waals surface area contributed by atoms with Gasteiger partial charge in [0, 0.05) is 25.4 Å². The minimum absolute atomic E-state index is 0.206. The summed E-state index contributed by atoms with van der Waals surface area (Å²) in [5.41, 5.74) is 3.41. The highest BCUT2D eigenvalue weighted by Gasteiger charge is 2.34. The number of alkyl halides is 1. The zero-order chi connectivity index (χ0) is 24.0. The molecule has 2 N–H and O–H groups in total. The number of nitrogens with one attached hydrogen (secondary N) is 2. The molecule has 0 aliphatic rings. The zero-order valence-corrected chi connectivity index (χ0v) is 20.6. The minimum Gasteiger partial charge on any atom is -0.497 e. The quantitative estimate of drug-likeness (QED) is 0.238. The molecular weight excluding hydrogens is 494 g/mol. The van der Waals surface area contributed by atoms with Crippen LogP contribution in [0.5, 0.6) is 11.5 Å². The summed E-state index contributed by atoms with van der Waals surface area (Å²) in [7, 11) is 3.21. The number of methoxy groups -OCH3 is 2. The van der Waals surface area contributed by atoms with E-state index in [1.807, 2.05) is 60.7 Å². The second-order valence-corrected chi connectivity index (χ2v) is 8.90. The third-order valence-corrected chi connectivity index (χ3v) is 7.08. The van der Waals surface area contributed by atoms with E-state index in [9.17, 15) is 4.79 Å². The van der Waals surface area contributed by atoms with Crippen molar-refractivity contribution in [1.29, 1.82) is 0 Å². The van der Waals surface area contributed by atoms with Crippen molar-refractivity contribution in [2.45, 2.75) is 10.7 Å². The van der Waals surface area contributed by atoms with Crippen molar-refractivity contribution in [1.82, 2.24) is 15.3 Å². The van der Waals surface area contributed by atoms with Crippen LogP contribution in [-0.4, -0.2) is 36.6 Å². The molecule has 1 unspecified atom stereocenters. The minimum atomic E-state index is -0.685. The van der Waals surface area contributed by atoms with E-state index in [1.165, 1.54) is 0 Å². The van der Waals surface area contributed by atoms with Gasteiger partial charge in [0.1, 0.15) is 21.6 Å². The topological polar surface area (TPSA) is 76.2 Å². The van der Waals surface area contributed by atoms with Gasteiger partial charge >= 0.3 is 0 Å². The predicted molar refractivity (Wildman–Crippen MR) is 136 cm³/mol. The smallest absolute Gasteiger partial charge is 0.255 e. The van der Waals surface area contributed by atoms with Gasteiger partial charge in [-0.1, -0.05) is 64.5 Å². The van der Waals surface area contributed by atoms with E-state index in [0.717, 1.165) is 28.3 Å². The first-order valence-corrected chi connectivity index (χ1v) is 11.7. The third kappa shape index (κ3) is 4.84. The Bertz CT molecular complexity index is 1230. The van der Waals surface area contributed by atoms with Crippen LogP contribution in [0.1, 0.15) is 32.9 Å². The molecule has 4 rings (SSSR count). The van der Waals surface area contributed by atoms with Gasteiger partial charge in [0.15, 0.2) is 0 Å². The fourth-order valence-corrected chi connectivity index (χ4v) is 4.69. The van der Waals surface area contributed by atoms with E-state index in [2.05, 4.69) is 43.3 Å². The SMILES string of the molecule is COc1ccc(C(Br)(c2ccccc2)c2ccc(OC)c(C(=O)NCCc3ncc[nH]3)c2)cc1. The van der Waals surface area contributed by atoms with Crippen LogP contribution >= 0.6 is 15.9 Å². The van der Waals surface area contributed by atoms with E-state index in [1.54, 1.807) is 26.6 Å². The number of halogens is 1. The fourth-order valence-electron chi connectivity index (χ4n) is 3.91. The average molecular weight is 520 g/mol. The summed E-state index contributed by atoms with van der Waals surface area (Å²) < 4.78 is 10.2. The molecule has 0 radical (unpaired) electrons. The summed E-state index contributed by atoms with van der Waals surface area (Å²) in [4.78, 5) is 20.4. The molecule has 0 fully saturated rings. The first kappa shape index (κ1) is 23.6. The van der Waals surface area contributed by atoms with Crippen LogP contribution in [0.25, 0.3) is 0 Å². The van der Waals surface area contributed by atoms with E-state index in [-0.39, 0.29) is 5.91 Å². The number of aromatic nitrogens is 2. The lowest BCUT2D eigenvalue weighted by Crippen LogP contribution is -2.27. The first-order valence-electron chi connectivity index (χ1n) is 10.9. The Morgan fingerprint density at radius 1 is 0.971 bits per heavy atom. The largest absolute Gasteiger partial charge is 0.497 e. The van der Waals surface area contributed by atoms with Crippen molar-refractivity contribution in [3.63, 3.8) is 0 Å². The number of carbonyl (C=O) groups excluding carboxylic acids is 1. The van der Waals surface area contributed by atoms with Crippen molar-refractivity contribution >= 4 is 21.8 Å². The molecule has 0 saturated heterocycles. The van der Waals surface area contributed by atoms with Gasteiger partial charge in [-0.05, 0) is 41.0 Å². The molecule has 7 heteroatoms. The molecule has 1 heterocycles. The number of aromatic amines is 1. The van der Waals surface area contributed by atoms with Crippen molar-refractivity contribution in [3.8, 4) is 11.5 Å². The van der Waals surface area contributed by atoms with Gasteiger partial charge in [-0.2, -0.15) is 0 Å². The fraction of sp³-hybridized carbons (Fsp3) is 0.185.